The minimum atomic E-state index is -1.02. The van der Waals surface area contributed by atoms with Gasteiger partial charge in [-0.2, -0.15) is 0 Å². The van der Waals surface area contributed by atoms with Crippen LogP contribution in [0.25, 0.3) is 10.9 Å². The molecule has 0 spiro atoms. The van der Waals surface area contributed by atoms with Crippen molar-refractivity contribution in [3.63, 3.8) is 0 Å². The van der Waals surface area contributed by atoms with Crippen LogP contribution in [0.3, 0.4) is 0 Å². The Labute approximate surface area is 163 Å². The van der Waals surface area contributed by atoms with Crippen molar-refractivity contribution in [2.45, 2.75) is 38.5 Å². The molecular formula is C19H25ClN4O3. The number of halogens is 1. The third-order valence-corrected chi connectivity index (χ3v) is 5.24. The third-order valence-electron chi connectivity index (χ3n) is 5.00. The Morgan fingerprint density at radius 2 is 2.22 bits per heavy atom. The summed E-state index contributed by atoms with van der Waals surface area (Å²) in [7, 11) is 1.74. The summed E-state index contributed by atoms with van der Waals surface area (Å²) in [5.41, 5.74) is 1.86. The van der Waals surface area contributed by atoms with Gasteiger partial charge in [-0.05, 0) is 44.0 Å². The van der Waals surface area contributed by atoms with E-state index in [1.807, 2.05) is 24.3 Å². The maximum absolute atomic E-state index is 12.5. The van der Waals surface area contributed by atoms with Crippen molar-refractivity contribution in [1.29, 1.82) is 0 Å². The Morgan fingerprint density at radius 3 is 2.96 bits per heavy atom. The molecule has 1 aromatic carbocycles. The van der Waals surface area contributed by atoms with Gasteiger partial charge in [0.05, 0.1) is 12.6 Å². The predicted octanol–water partition coefficient (Wildman–Crippen LogP) is 2.33. The van der Waals surface area contributed by atoms with E-state index >= 15 is 0 Å². The lowest BCUT2D eigenvalue weighted by Gasteiger charge is -2.38. The molecule has 8 heteroatoms. The van der Waals surface area contributed by atoms with Gasteiger partial charge in [-0.1, -0.05) is 11.6 Å². The minimum Gasteiger partial charge on any atom is -0.384 e. The summed E-state index contributed by atoms with van der Waals surface area (Å²) in [5.74, 6) is -0.287. The van der Waals surface area contributed by atoms with E-state index in [1.165, 1.54) is 6.92 Å². The minimum absolute atomic E-state index is 0.0667. The summed E-state index contributed by atoms with van der Waals surface area (Å²) in [6.45, 7) is 2.90. The number of amides is 3. The number of hydrogen-bond acceptors (Lipinski definition) is 3. The van der Waals surface area contributed by atoms with Gasteiger partial charge in [-0.15, -0.1) is 0 Å². The molecule has 1 saturated heterocycles. The lowest BCUT2D eigenvalue weighted by molar-refractivity contribution is -0.141. The fourth-order valence-corrected chi connectivity index (χ4v) is 3.64. The standard InChI is InChI=1S/C19H25ClN4O3/c1-12(25)18(26)24-7-3-4-16(11-24)23(2)19(27)21-10-15-9-13-8-14(20)5-6-17(13)22-15/h5-6,8-9,12,16,22,25H,3-4,7,10-11H2,1-2H3,(H,21,27)/t12-,16+/m0/s1. The number of urea groups is 1. The van der Waals surface area contributed by atoms with E-state index in [1.54, 1.807) is 16.8 Å². The van der Waals surface area contributed by atoms with Gasteiger partial charge in [-0.25, -0.2) is 4.79 Å². The van der Waals surface area contributed by atoms with Crippen molar-refractivity contribution in [3.8, 4) is 0 Å². The van der Waals surface area contributed by atoms with Crippen LogP contribution >= 0.6 is 11.6 Å². The van der Waals surface area contributed by atoms with Crippen LogP contribution in [-0.4, -0.2) is 64.1 Å². The highest BCUT2D eigenvalue weighted by molar-refractivity contribution is 6.31. The lowest BCUT2D eigenvalue weighted by Crippen LogP contribution is -2.53. The highest BCUT2D eigenvalue weighted by atomic mass is 35.5. The fraction of sp³-hybridized carbons (Fsp3) is 0.474. The zero-order valence-corrected chi connectivity index (χ0v) is 16.3. The number of likely N-dealkylation sites (N-methyl/N-ethyl adjacent to an activating group) is 1. The summed E-state index contributed by atoms with van der Waals surface area (Å²) in [4.78, 5) is 31.0. The molecule has 2 heterocycles. The molecule has 2 aromatic rings. The summed E-state index contributed by atoms with van der Waals surface area (Å²) in [6.07, 6.45) is 0.625. The van der Waals surface area contributed by atoms with Gasteiger partial charge in [0.15, 0.2) is 0 Å². The molecule has 1 fully saturated rings. The number of nitrogens with zero attached hydrogens (tertiary/aromatic N) is 2. The van der Waals surface area contributed by atoms with Gasteiger partial charge in [0.25, 0.3) is 5.91 Å². The second-order valence-electron chi connectivity index (χ2n) is 7.05. The van der Waals surface area contributed by atoms with Crippen molar-refractivity contribution in [2.24, 2.45) is 0 Å². The van der Waals surface area contributed by atoms with Crippen LogP contribution in [0.1, 0.15) is 25.5 Å². The average Bonchev–Trinajstić information content (AvgIpc) is 3.06. The molecule has 0 radical (unpaired) electrons. The van der Waals surface area contributed by atoms with Gasteiger partial charge in [0, 0.05) is 41.8 Å². The van der Waals surface area contributed by atoms with Crippen LogP contribution in [0.15, 0.2) is 24.3 Å². The Kier molecular flexibility index (Phi) is 5.92. The van der Waals surface area contributed by atoms with Crippen LogP contribution < -0.4 is 5.32 Å². The van der Waals surface area contributed by atoms with Crippen LogP contribution in [-0.2, 0) is 11.3 Å². The normalized spacial score (nSPS) is 18.4. The van der Waals surface area contributed by atoms with Crippen molar-refractivity contribution in [3.05, 3.63) is 35.0 Å². The molecule has 3 amide bonds. The van der Waals surface area contributed by atoms with E-state index in [0.717, 1.165) is 29.4 Å². The van der Waals surface area contributed by atoms with E-state index in [4.69, 9.17) is 11.6 Å². The first kappa shape index (κ1) is 19.5. The molecule has 1 aliphatic rings. The molecule has 2 atom stereocenters. The monoisotopic (exact) mass is 392 g/mol. The molecule has 0 saturated carbocycles. The number of carbonyl (C=O) groups excluding carboxylic acids is 2. The fourth-order valence-electron chi connectivity index (χ4n) is 3.46. The SMILES string of the molecule is C[C@H](O)C(=O)N1CCC[C@@H](N(C)C(=O)NCc2cc3cc(Cl)ccc3[nH]2)C1. The van der Waals surface area contributed by atoms with Gasteiger partial charge >= 0.3 is 6.03 Å². The molecule has 0 unspecified atom stereocenters. The first-order valence-electron chi connectivity index (χ1n) is 9.10. The topological polar surface area (TPSA) is 88.7 Å². The number of rotatable bonds is 4. The number of aliphatic hydroxyl groups is 1. The Morgan fingerprint density at radius 1 is 1.44 bits per heavy atom. The predicted molar refractivity (Wildman–Crippen MR) is 105 cm³/mol. The number of aromatic nitrogens is 1. The molecule has 1 aromatic heterocycles. The van der Waals surface area contributed by atoms with Crippen LogP contribution in [0, 0.1) is 0 Å². The van der Waals surface area contributed by atoms with Crippen molar-refractivity contribution in [2.75, 3.05) is 20.1 Å². The number of piperidine rings is 1. The molecule has 27 heavy (non-hydrogen) atoms. The third kappa shape index (κ3) is 4.54. The van der Waals surface area contributed by atoms with E-state index in [0.29, 0.717) is 24.7 Å². The first-order valence-corrected chi connectivity index (χ1v) is 9.47. The van der Waals surface area contributed by atoms with E-state index in [2.05, 4.69) is 10.3 Å². The Balaban J connectivity index is 1.57. The number of likely N-dealkylation sites (tertiary alicyclic amines) is 1. The summed E-state index contributed by atoms with van der Waals surface area (Å²) in [5, 5.41) is 14.1. The number of fused-ring (bicyclic) bond motifs is 1. The molecule has 3 N–H and O–H groups in total. The zero-order valence-electron chi connectivity index (χ0n) is 15.5. The highest BCUT2D eigenvalue weighted by Gasteiger charge is 2.29. The molecule has 146 valence electrons. The molecular weight excluding hydrogens is 368 g/mol. The van der Waals surface area contributed by atoms with E-state index in [9.17, 15) is 14.7 Å². The van der Waals surface area contributed by atoms with E-state index < -0.39 is 6.10 Å². The Bertz CT molecular complexity index is 835. The average molecular weight is 393 g/mol. The first-order chi connectivity index (χ1) is 12.8. The number of H-pyrrole nitrogens is 1. The smallest absolute Gasteiger partial charge is 0.317 e. The number of benzene rings is 1. The van der Waals surface area contributed by atoms with Gasteiger partial charge in [0.1, 0.15) is 6.10 Å². The van der Waals surface area contributed by atoms with Crippen LogP contribution in [0.4, 0.5) is 4.79 Å². The Hall–Kier alpha value is -2.25. The van der Waals surface area contributed by atoms with Crippen molar-refractivity contribution >= 4 is 34.4 Å². The van der Waals surface area contributed by atoms with Crippen LogP contribution in [0.5, 0.6) is 0 Å². The van der Waals surface area contributed by atoms with Gasteiger partial charge < -0.3 is 25.2 Å². The number of nitrogens with one attached hydrogen (secondary N) is 2. The number of aliphatic hydroxyl groups excluding tert-OH is 1. The number of aromatic amines is 1. The second-order valence-corrected chi connectivity index (χ2v) is 7.49. The second kappa shape index (κ2) is 8.19. The highest BCUT2D eigenvalue weighted by Crippen LogP contribution is 2.20. The van der Waals surface area contributed by atoms with Gasteiger partial charge in [-0.3, -0.25) is 4.79 Å². The van der Waals surface area contributed by atoms with Crippen molar-refractivity contribution < 1.29 is 14.7 Å². The number of carbonyl (C=O) groups is 2. The molecule has 0 bridgehead atoms. The maximum Gasteiger partial charge on any atom is 0.317 e. The van der Waals surface area contributed by atoms with E-state index in [-0.39, 0.29) is 18.0 Å². The van der Waals surface area contributed by atoms with Gasteiger partial charge in [0.2, 0.25) is 0 Å². The maximum atomic E-state index is 12.5. The van der Waals surface area contributed by atoms with Crippen molar-refractivity contribution in [1.82, 2.24) is 20.1 Å². The molecule has 3 rings (SSSR count). The quantitative estimate of drug-likeness (QED) is 0.746. The molecule has 0 aliphatic carbocycles. The molecule has 1 aliphatic heterocycles. The summed E-state index contributed by atoms with van der Waals surface area (Å²) >= 11 is 6.00. The van der Waals surface area contributed by atoms with Crippen LogP contribution in [0.2, 0.25) is 5.02 Å². The summed E-state index contributed by atoms with van der Waals surface area (Å²) < 4.78 is 0. The number of hydrogen-bond donors (Lipinski definition) is 3. The largest absolute Gasteiger partial charge is 0.384 e. The summed E-state index contributed by atoms with van der Waals surface area (Å²) in [6, 6.07) is 7.31. The molecule has 7 nitrogen and oxygen atoms in total. The lowest BCUT2D eigenvalue weighted by atomic mass is 10.0. The zero-order chi connectivity index (χ0) is 19.6.